The second-order valence-corrected chi connectivity index (χ2v) is 8.47. The average molecular weight is 425 g/mol. The van der Waals surface area contributed by atoms with Crippen molar-refractivity contribution in [2.45, 2.75) is 9.79 Å². The van der Waals surface area contributed by atoms with E-state index in [-0.39, 0.29) is 0 Å². The van der Waals surface area contributed by atoms with Gasteiger partial charge in [0, 0.05) is 33.3 Å². The molecule has 30 heavy (non-hydrogen) atoms. The highest BCUT2D eigenvalue weighted by molar-refractivity contribution is 8.16. The lowest BCUT2D eigenvalue weighted by atomic mass is 10.2. The van der Waals surface area contributed by atoms with Crippen molar-refractivity contribution in [1.82, 2.24) is 9.97 Å². The lowest BCUT2D eigenvalue weighted by Gasteiger charge is -2.19. The van der Waals surface area contributed by atoms with Crippen molar-refractivity contribution in [3.8, 4) is 0 Å². The molecule has 1 aliphatic heterocycles. The van der Waals surface area contributed by atoms with Gasteiger partial charge in [0.1, 0.15) is 10.1 Å². The molecule has 6 heteroatoms. The van der Waals surface area contributed by atoms with Gasteiger partial charge in [-0.3, -0.25) is 0 Å². The van der Waals surface area contributed by atoms with Crippen molar-refractivity contribution in [2.75, 3.05) is 0 Å². The Morgan fingerprint density at radius 3 is 1.37 bits per heavy atom. The fourth-order valence-electron chi connectivity index (χ4n) is 3.00. The van der Waals surface area contributed by atoms with E-state index in [9.17, 15) is 0 Å². The minimum Gasteiger partial charge on any atom is -0.237 e. The largest absolute Gasteiger partial charge is 0.237 e. The van der Waals surface area contributed by atoms with Gasteiger partial charge in [0.15, 0.2) is 11.6 Å². The van der Waals surface area contributed by atoms with Crippen LogP contribution in [-0.4, -0.2) is 20.1 Å². The first-order valence-electron chi connectivity index (χ1n) is 9.41. The maximum Gasteiger partial charge on any atom is 0.153 e. The minimum absolute atomic E-state index is 0.695. The zero-order valence-corrected chi connectivity index (χ0v) is 17.5. The van der Waals surface area contributed by atoms with Crippen LogP contribution in [0.1, 0.15) is 11.1 Å². The second kappa shape index (κ2) is 8.65. The predicted molar refractivity (Wildman–Crippen MR) is 125 cm³/mol. The van der Waals surface area contributed by atoms with Gasteiger partial charge in [-0.05, 0) is 36.4 Å². The summed E-state index contributed by atoms with van der Waals surface area (Å²) >= 11 is 3.28. The average Bonchev–Trinajstić information content (AvgIpc) is 2.79. The molecule has 0 amide bonds. The van der Waals surface area contributed by atoms with Gasteiger partial charge in [0.2, 0.25) is 0 Å². The topological polar surface area (TPSA) is 50.5 Å². The number of pyridine rings is 2. The molecule has 0 radical (unpaired) electrons. The highest BCUT2D eigenvalue weighted by Gasteiger charge is 2.22. The Kier molecular flexibility index (Phi) is 5.42. The number of fused-ring (bicyclic) bond motifs is 2. The monoisotopic (exact) mass is 424 g/mol. The molecule has 144 valence electrons. The van der Waals surface area contributed by atoms with Crippen LogP contribution in [0.3, 0.4) is 0 Å². The van der Waals surface area contributed by atoms with Crippen LogP contribution in [0.15, 0.2) is 117 Å². The van der Waals surface area contributed by atoms with Crippen LogP contribution in [0.5, 0.6) is 0 Å². The molecule has 0 spiro atoms. The van der Waals surface area contributed by atoms with Crippen LogP contribution in [0.2, 0.25) is 0 Å². The van der Waals surface area contributed by atoms with Crippen molar-refractivity contribution < 1.29 is 0 Å². The zero-order chi connectivity index (χ0) is 20.2. The molecule has 1 aliphatic rings. The first-order chi connectivity index (χ1) is 14.9. The molecule has 0 unspecified atom stereocenters. The van der Waals surface area contributed by atoms with Crippen LogP contribution in [0.25, 0.3) is 0 Å². The fourth-order valence-corrected chi connectivity index (χ4v) is 5.24. The van der Waals surface area contributed by atoms with Gasteiger partial charge >= 0.3 is 0 Å². The lowest BCUT2D eigenvalue weighted by molar-refractivity contribution is 1.27. The third-order valence-corrected chi connectivity index (χ3v) is 6.54. The normalized spacial score (nSPS) is 15.9. The number of benzene rings is 2. The Balaban J connectivity index is 1.68. The Hall–Kier alpha value is -3.22. The molecule has 0 N–H and O–H groups in total. The van der Waals surface area contributed by atoms with Gasteiger partial charge < -0.3 is 0 Å². The Bertz CT molecular complexity index is 1140. The standard InChI is InChI=1S/C24H16N4S2/c1-3-11-19-17(9-1)23(27-21-13-5-7-15-25-21)30-20-12-4-2-10-18(20)24(29-19)28-22-14-6-8-16-26-22/h1-16H/b27-23-,28-24-. The van der Waals surface area contributed by atoms with E-state index < -0.39 is 0 Å². The molecule has 4 aromatic rings. The van der Waals surface area contributed by atoms with Gasteiger partial charge in [-0.1, -0.05) is 72.1 Å². The summed E-state index contributed by atoms with van der Waals surface area (Å²) in [7, 11) is 0. The van der Waals surface area contributed by atoms with E-state index in [0.717, 1.165) is 31.0 Å². The first kappa shape index (κ1) is 18.8. The number of hydrogen-bond donors (Lipinski definition) is 0. The molecular formula is C24H16N4S2. The molecule has 0 fully saturated rings. The SMILES string of the molecule is c1ccc(/N=C2\Sc3ccccc3/C(=N/c3ccccn3)Sc3ccccc32)nc1. The van der Waals surface area contributed by atoms with Crippen molar-refractivity contribution >= 4 is 45.2 Å². The zero-order valence-electron chi connectivity index (χ0n) is 15.8. The molecule has 2 aromatic heterocycles. The Morgan fingerprint density at radius 1 is 0.500 bits per heavy atom. The first-order valence-corrected chi connectivity index (χ1v) is 11.0. The number of hydrogen-bond acceptors (Lipinski definition) is 6. The highest BCUT2D eigenvalue weighted by Crippen LogP contribution is 2.39. The van der Waals surface area contributed by atoms with E-state index in [1.54, 1.807) is 35.9 Å². The maximum atomic E-state index is 4.87. The fraction of sp³-hybridized carbons (Fsp3) is 0. The summed E-state index contributed by atoms with van der Waals surface area (Å²) in [5.74, 6) is 1.39. The van der Waals surface area contributed by atoms with Gasteiger partial charge in [-0.2, -0.15) is 0 Å². The number of aliphatic imine (C=N–C) groups is 2. The molecular weight excluding hydrogens is 408 g/mol. The molecule has 3 heterocycles. The predicted octanol–water partition coefficient (Wildman–Crippen LogP) is 6.53. The summed E-state index contributed by atoms with van der Waals surface area (Å²) in [6, 6.07) is 28.1. The summed E-state index contributed by atoms with van der Waals surface area (Å²) in [6.07, 6.45) is 3.53. The number of thioether (sulfide) groups is 2. The molecule has 0 saturated heterocycles. The molecule has 5 rings (SSSR count). The van der Waals surface area contributed by atoms with Crippen LogP contribution in [-0.2, 0) is 0 Å². The van der Waals surface area contributed by atoms with Crippen molar-refractivity contribution in [2.24, 2.45) is 9.98 Å². The van der Waals surface area contributed by atoms with E-state index in [0.29, 0.717) is 11.6 Å². The highest BCUT2D eigenvalue weighted by atomic mass is 32.2. The summed E-state index contributed by atoms with van der Waals surface area (Å²) in [6.45, 7) is 0. The molecule has 0 aliphatic carbocycles. The molecule has 0 atom stereocenters. The summed E-state index contributed by atoms with van der Waals surface area (Å²) in [5.41, 5.74) is 2.14. The van der Waals surface area contributed by atoms with Gasteiger partial charge in [0.05, 0.1) is 0 Å². The molecule has 2 aromatic carbocycles. The Labute approximate surface area is 183 Å². The van der Waals surface area contributed by atoms with Crippen LogP contribution < -0.4 is 0 Å². The van der Waals surface area contributed by atoms with Crippen LogP contribution >= 0.6 is 23.5 Å². The quantitative estimate of drug-likeness (QED) is 0.367. The van der Waals surface area contributed by atoms with E-state index in [1.807, 2.05) is 60.7 Å². The van der Waals surface area contributed by atoms with E-state index in [1.165, 1.54) is 0 Å². The summed E-state index contributed by atoms with van der Waals surface area (Å²) in [5, 5.41) is 1.84. The minimum atomic E-state index is 0.695. The number of rotatable bonds is 2. The molecule has 0 saturated carbocycles. The van der Waals surface area contributed by atoms with Gasteiger partial charge in [0.25, 0.3) is 0 Å². The number of nitrogens with zero attached hydrogens (tertiary/aromatic N) is 4. The summed E-state index contributed by atoms with van der Waals surface area (Å²) in [4.78, 5) is 20.7. The van der Waals surface area contributed by atoms with Crippen molar-refractivity contribution in [1.29, 1.82) is 0 Å². The van der Waals surface area contributed by atoms with E-state index >= 15 is 0 Å². The van der Waals surface area contributed by atoms with Crippen molar-refractivity contribution in [3.63, 3.8) is 0 Å². The summed E-state index contributed by atoms with van der Waals surface area (Å²) < 4.78 is 0. The van der Waals surface area contributed by atoms with E-state index in [4.69, 9.17) is 9.98 Å². The Morgan fingerprint density at radius 2 is 0.933 bits per heavy atom. The molecule has 4 nitrogen and oxygen atoms in total. The van der Waals surface area contributed by atoms with Crippen LogP contribution in [0, 0.1) is 0 Å². The molecule has 0 bridgehead atoms. The van der Waals surface area contributed by atoms with E-state index in [2.05, 4.69) is 34.2 Å². The lowest BCUT2D eigenvalue weighted by Crippen LogP contribution is -2.07. The number of aromatic nitrogens is 2. The van der Waals surface area contributed by atoms with Crippen LogP contribution in [0.4, 0.5) is 11.6 Å². The third-order valence-electron chi connectivity index (χ3n) is 4.38. The van der Waals surface area contributed by atoms with Gasteiger partial charge in [-0.15, -0.1) is 0 Å². The maximum absolute atomic E-state index is 4.87. The second-order valence-electron chi connectivity index (χ2n) is 6.41. The smallest absolute Gasteiger partial charge is 0.153 e. The third kappa shape index (κ3) is 4.06. The van der Waals surface area contributed by atoms with Gasteiger partial charge in [-0.25, -0.2) is 20.0 Å². The van der Waals surface area contributed by atoms with Crippen molar-refractivity contribution in [3.05, 3.63) is 108 Å².